The predicted octanol–water partition coefficient (Wildman–Crippen LogP) is 1.60. The maximum atomic E-state index is 14.5. The summed E-state index contributed by atoms with van der Waals surface area (Å²) >= 11 is 0. The van der Waals surface area contributed by atoms with Crippen LogP contribution in [0, 0.1) is 5.82 Å². The summed E-state index contributed by atoms with van der Waals surface area (Å²) in [5.74, 6) is 0.447. The van der Waals surface area contributed by atoms with Gasteiger partial charge in [-0.1, -0.05) is 0 Å². The Hall–Kier alpha value is -2.41. The summed E-state index contributed by atoms with van der Waals surface area (Å²) in [4.78, 5) is 18.7. The van der Waals surface area contributed by atoms with Crippen molar-refractivity contribution in [3.05, 3.63) is 47.8 Å². The number of hydrogen-bond acceptors (Lipinski definition) is 4. The molecule has 6 nitrogen and oxygen atoms in total. The largest absolute Gasteiger partial charge is 0.378 e. The SMILES string of the molecule is O=C(N[C@@H]1CCc2nccn2C1)c1ccc(N2CCOCC2)c(F)c1. The standard InChI is InChI=1S/C18H21FN4O2/c19-15-11-13(1-3-16(15)22-7-9-25-10-8-22)18(24)21-14-2-4-17-20-5-6-23(17)12-14/h1,3,5-6,11,14H,2,4,7-10,12H2,(H,21,24)/t14-/m1/s1. The molecule has 1 saturated heterocycles. The molecule has 0 saturated carbocycles. The number of halogens is 1. The molecular weight excluding hydrogens is 323 g/mol. The maximum absolute atomic E-state index is 14.5. The zero-order chi connectivity index (χ0) is 17.2. The smallest absolute Gasteiger partial charge is 0.251 e. The van der Waals surface area contributed by atoms with E-state index in [1.165, 1.54) is 6.07 Å². The number of nitrogens with zero attached hydrogens (tertiary/aromatic N) is 3. The highest BCUT2D eigenvalue weighted by molar-refractivity contribution is 5.94. The predicted molar refractivity (Wildman–Crippen MR) is 91.2 cm³/mol. The molecular formula is C18H21FN4O2. The molecule has 7 heteroatoms. The van der Waals surface area contributed by atoms with E-state index in [2.05, 4.69) is 14.9 Å². The van der Waals surface area contributed by atoms with Gasteiger partial charge in [-0.05, 0) is 24.6 Å². The third-order valence-electron chi connectivity index (χ3n) is 4.83. The highest BCUT2D eigenvalue weighted by Crippen LogP contribution is 2.22. The van der Waals surface area contributed by atoms with Gasteiger partial charge in [0.15, 0.2) is 0 Å². The molecule has 0 aliphatic carbocycles. The summed E-state index contributed by atoms with van der Waals surface area (Å²) in [6.45, 7) is 3.23. The summed E-state index contributed by atoms with van der Waals surface area (Å²) < 4.78 is 21.8. The van der Waals surface area contributed by atoms with E-state index in [9.17, 15) is 9.18 Å². The maximum Gasteiger partial charge on any atom is 0.251 e. The van der Waals surface area contributed by atoms with Crippen molar-refractivity contribution in [2.75, 3.05) is 31.2 Å². The molecule has 1 N–H and O–H groups in total. The summed E-state index contributed by atoms with van der Waals surface area (Å²) in [5.41, 5.74) is 0.881. The first-order chi connectivity index (χ1) is 12.2. The van der Waals surface area contributed by atoms with Gasteiger partial charge in [-0.3, -0.25) is 4.79 Å². The number of ether oxygens (including phenoxy) is 1. The molecule has 2 aliphatic rings. The number of aryl methyl sites for hydroxylation is 1. The number of nitrogens with one attached hydrogen (secondary N) is 1. The van der Waals surface area contributed by atoms with Crippen molar-refractivity contribution in [1.29, 1.82) is 0 Å². The Balaban J connectivity index is 1.43. The number of amides is 1. The number of rotatable bonds is 3. The van der Waals surface area contributed by atoms with Gasteiger partial charge in [-0.15, -0.1) is 0 Å². The quantitative estimate of drug-likeness (QED) is 0.919. The monoisotopic (exact) mass is 344 g/mol. The van der Waals surface area contributed by atoms with E-state index in [1.807, 2.05) is 11.1 Å². The third-order valence-corrected chi connectivity index (χ3v) is 4.83. The van der Waals surface area contributed by atoms with Gasteiger partial charge in [0.25, 0.3) is 5.91 Å². The minimum absolute atomic E-state index is 0.0381. The molecule has 2 aliphatic heterocycles. The molecule has 1 amide bonds. The lowest BCUT2D eigenvalue weighted by atomic mass is 10.1. The summed E-state index contributed by atoms with van der Waals surface area (Å²) in [5, 5.41) is 3.00. The fraction of sp³-hybridized carbons (Fsp3) is 0.444. The molecule has 1 aromatic heterocycles. The van der Waals surface area contributed by atoms with Crippen LogP contribution in [0.2, 0.25) is 0 Å². The van der Waals surface area contributed by atoms with E-state index in [0.717, 1.165) is 18.7 Å². The Labute approximate surface area is 145 Å². The van der Waals surface area contributed by atoms with Gasteiger partial charge in [-0.2, -0.15) is 0 Å². The summed E-state index contributed by atoms with van der Waals surface area (Å²) in [6, 6.07) is 4.74. The van der Waals surface area contributed by atoms with Crippen LogP contribution in [0.5, 0.6) is 0 Å². The summed E-state index contributed by atoms with van der Waals surface area (Å²) in [7, 11) is 0. The molecule has 132 valence electrons. The van der Waals surface area contributed by atoms with Crippen molar-refractivity contribution < 1.29 is 13.9 Å². The number of morpholine rings is 1. The molecule has 1 atom stereocenters. The van der Waals surface area contributed by atoms with Crippen molar-refractivity contribution in [2.45, 2.75) is 25.4 Å². The molecule has 0 unspecified atom stereocenters. The lowest BCUT2D eigenvalue weighted by Crippen LogP contribution is -2.41. The molecule has 25 heavy (non-hydrogen) atoms. The number of benzene rings is 1. The fourth-order valence-corrected chi connectivity index (χ4v) is 3.46. The second-order valence-corrected chi connectivity index (χ2v) is 6.47. The van der Waals surface area contributed by atoms with Crippen LogP contribution in [0.3, 0.4) is 0 Å². The lowest BCUT2D eigenvalue weighted by molar-refractivity contribution is 0.0927. The number of imidazole rings is 1. The average molecular weight is 344 g/mol. The zero-order valence-electron chi connectivity index (χ0n) is 13.9. The minimum atomic E-state index is -0.366. The highest BCUT2D eigenvalue weighted by Gasteiger charge is 2.22. The normalized spacial score (nSPS) is 20.2. The van der Waals surface area contributed by atoms with E-state index < -0.39 is 0 Å². The molecule has 1 aromatic carbocycles. The molecule has 0 radical (unpaired) electrons. The van der Waals surface area contributed by atoms with E-state index in [-0.39, 0.29) is 17.8 Å². The van der Waals surface area contributed by atoms with Crippen molar-refractivity contribution in [3.8, 4) is 0 Å². The van der Waals surface area contributed by atoms with Crippen LogP contribution in [-0.4, -0.2) is 47.8 Å². The van der Waals surface area contributed by atoms with Crippen LogP contribution in [0.25, 0.3) is 0 Å². The van der Waals surface area contributed by atoms with Crippen LogP contribution in [0.1, 0.15) is 22.6 Å². The van der Waals surface area contributed by atoms with Gasteiger partial charge >= 0.3 is 0 Å². The van der Waals surface area contributed by atoms with Crippen LogP contribution >= 0.6 is 0 Å². The Morgan fingerprint density at radius 3 is 2.96 bits per heavy atom. The number of aromatic nitrogens is 2. The molecule has 0 bridgehead atoms. The van der Waals surface area contributed by atoms with Gasteiger partial charge in [0.1, 0.15) is 11.6 Å². The first kappa shape index (κ1) is 16.1. The average Bonchev–Trinajstić information content (AvgIpc) is 3.10. The van der Waals surface area contributed by atoms with E-state index >= 15 is 0 Å². The van der Waals surface area contributed by atoms with Crippen molar-refractivity contribution in [1.82, 2.24) is 14.9 Å². The second-order valence-electron chi connectivity index (χ2n) is 6.47. The summed E-state index contributed by atoms with van der Waals surface area (Å²) in [6.07, 6.45) is 5.38. The first-order valence-electron chi connectivity index (χ1n) is 8.64. The molecule has 0 spiro atoms. The van der Waals surface area contributed by atoms with Crippen LogP contribution < -0.4 is 10.2 Å². The van der Waals surface area contributed by atoms with Gasteiger partial charge in [-0.25, -0.2) is 9.37 Å². The molecule has 4 rings (SSSR count). The van der Waals surface area contributed by atoms with Gasteiger partial charge in [0.05, 0.1) is 18.9 Å². The van der Waals surface area contributed by atoms with Crippen LogP contribution in [0.4, 0.5) is 10.1 Å². The zero-order valence-corrected chi connectivity index (χ0v) is 13.9. The lowest BCUT2D eigenvalue weighted by Gasteiger charge is -2.29. The van der Waals surface area contributed by atoms with E-state index in [4.69, 9.17) is 4.74 Å². The second kappa shape index (κ2) is 6.84. The van der Waals surface area contributed by atoms with Gasteiger partial charge in [0, 0.05) is 50.1 Å². The molecule has 1 fully saturated rings. The Morgan fingerprint density at radius 2 is 2.16 bits per heavy atom. The number of carbonyl (C=O) groups is 1. The van der Waals surface area contributed by atoms with Crippen LogP contribution in [0.15, 0.2) is 30.6 Å². The Morgan fingerprint density at radius 1 is 1.32 bits per heavy atom. The fourth-order valence-electron chi connectivity index (χ4n) is 3.46. The van der Waals surface area contributed by atoms with Crippen molar-refractivity contribution >= 4 is 11.6 Å². The third kappa shape index (κ3) is 3.37. The highest BCUT2D eigenvalue weighted by atomic mass is 19.1. The van der Waals surface area contributed by atoms with E-state index in [0.29, 0.717) is 44.1 Å². The first-order valence-corrected chi connectivity index (χ1v) is 8.64. The number of anilines is 1. The minimum Gasteiger partial charge on any atom is -0.378 e. The Bertz CT molecular complexity index is 770. The molecule has 3 heterocycles. The number of fused-ring (bicyclic) bond motifs is 1. The van der Waals surface area contributed by atoms with Crippen molar-refractivity contribution in [2.24, 2.45) is 0 Å². The topological polar surface area (TPSA) is 59.4 Å². The van der Waals surface area contributed by atoms with Gasteiger partial charge in [0.2, 0.25) is 0 Å². The van der Waals surface area contributed by atoms with Gasteiger partial charge < -0.3 is 19.5 Å². The Kier molecular flexibility index (Phi) is 4.40. The van der Waals surface area contributed by atoms with Crippen molar-refractivity contribution in [3.63, 3.8) is 0 Å². The number of carbonyl (C=O) groups excluding carboxylic acids is 1. The number of hydrogen-bond donors (Lipinski definition) is 1. The molecule has 2 aromatic rings. The van der Waals surface area contributed by atoms with Crippen LogP contribution in [-0.2, 0) is 17.7 Å². The van der Waals surface area contributed by atoms with E-state index in [1.54, 1.807) is 18.3 Å².